The molecule has 5 aromatic rings. The molecule has 1 aliphatic heterocycles. The van der Waals surface area contributed by atoms with Gasteiger partial charge in [0.25, 0.3) is 5.56 Å². The van der Waals surface area contributed by atoms with Crippen LogP contribution in [0.2, 0.25) is 5.15 Å². The molecule has 1 aliphatic rings. The zero-order valence-corrected chi connectivity index (χ0v) is 26.3. The molecule has 1 saturated heterocycles. The van der Waals surface area contributed by atoms with E-state index >= 15 is 0 Å². The molecule has 43 heavy (non-hydrogen) atoms. The number of hydrogen-bond donors (Lipinski definition) is 3. The quantitative estimate of drug-likeness (QED) is 0.210. The third-order valence-electron chi connectivity index (χ3n) is 8.50. The van der Waals surface area contributed by atoms with Crippen molar-refractivity contribution in [2.75, 3.05) is 25.0 Å². The Bertz CT molecular complexity index is 1870. The Morgan fingerprint density at radius 1 is 1.16 bits per heavy atom. The molecular weight excluding hydrogens is 564 g/mol. The van der Waals surface area contributed by atoms with Crippen molar-refractivity contribution in [2.45, 2.75) is 65.1 Å². The highest BCUT2D eigenvalue weighted by molar-refractivity contribution is 6.29. The lowest BCUT2D eigenvalue weighted by Gasteiger charge is -2.35. The molecular formula is C32H39ClN8O2. The van der Waals surface area contributed by atoms with Crippen LogP contribution in [0.25, 0.3) is 33.1 Å². The highest BCUT2D eigenvalue weighted by Gasteiger charge is 2.28. The van der Waals surface area contributed by atoms with Gasteiger partial charge in [-0.1, -0.05) is 17.7 Å². The number of hydrogen-bond acceptors (Lipinski definition) is 7. The predicted molar refractivity (Wildman–Crippen MR) is 172 cm³/mol. The van der Waals surface area contributed by atoms with E-state index in [1.807, 2.05) is 57.8 Å². The number of rotatable bonds is 7. The minimum Gasteiger partial charge on any atom is -0.389 e. The molecule has 0 spiro atoms. The van der Waals surface area contributed by atoms with Crippen LogP contribution in [0.4, 0.5) is 5.69 Å². The summed E-state index contributed by atoms with van der Waals surface area (Å²) >= 11 is 6.31. The molecule has 0 bridgehead atoms. The SMILES string of the molecule is Cc1cc(C(C)Nc2ccc(Cl)nc2-c2cn[nH]c2C)c2c(c1)c(=O)n(C)c1c2cnn1C1CCN(CC(C)(C)O)CC1. The first-order valence-electron chi connectivity index (χ1n) is 14.8. The Labute approximate surface area is 255 Å². The number of piperidine rings is 1. The number of anilines is 1. The van der Waals surface area contributed by atoms with Gasteiger partial charge in [0.1, 0.15) is 10.8 Å². The Balaban J connectivity index is 1.42. The second kappa shape index (κ2) is 11.1. The molecule has 10 nitrogen and oxygen atoms in total. The maximum absolute atomic E-state index is 13.9. The number of H-pyrrole nitrogens is 1. The van der Waals surface area contributed by atoms with Crippen LogP contribution in [0.5, 0.6) is 0 Å². The third-order valence-corrected chi connectivity index (χ3v) is 8.71. The minimum absolute atomic E-state index is 0.0382. The number of nitrogens with zero attached hydrogens (tertiary/aromatic N) is 6. The van der Waals surface area contributed by atoms with E-state index < -0.39 is 5.60 Å². The fourth-order valence-corrected chi connectivity index (χ4v) is 6.71. The molecule has 1 fully saturated rings. The van der Waals surface area contributed by atoms with Crippen molar-refractivity contribution >= 4 is 39.1 Å². The maximum atomic E-state index is 13.9. The summed E-state index contributed by atoms with van der Waals surface area (Å²) in [6.07, 6.45) is 5.47. The number of benzene rings is 1. The van der Waals surface area contributed by atoms with Crippen molar-refractivity contribution in [1.29, 1.82) is 0 Å². The highest BCUT2D eigenvalue weighted by atomic mass is 35.5. The normalized spacial score (nSPS) is 15.9. The first kappa shape index (κ1) is 29.3. The van der Waals surface area contributed by atoms with E-state index in [0.29, 0.717) is 22.8 Å². The topological polar surface area (TPSA) is 117 Å². The van der Waals surface area contributed by atoms with Gasteiger partial charge in [0.2, 0.25) is 0 Å². The average Bonchev–Trinajstić information content (AvgIpc) is 3.58. The molecule has 1 atom stereocenters. The van der Waals surface area contributed by atoms with Gasteiger partial charge >= 0.3 is 0 Å². The standard InChI is InChI=1S/C32H39ClN8O2/c1-18-13-22(19(2)36-26-7-8-27(33)37-29(26)24-15-34-38-20(24)3)28-23(14-18)31(42)39(6)30-25(28)16-35-41(30)21-9-11-40(12-10-21)17-32(4,5)43/h7-8,13-16,19,21,36,43H,9-12,17H2,1-6H3,(H,34,38). The van der Waals surface area contributed by atoms with Gasteiger partial charge < -0.3 is 15.3 Å². The smallest absolute Gasteiger partial charge is 0.259 e. The van der Waals surface area contributed by atoms with Gasteiger partial charge in [0, 0.05) is 60.1 Å². The van der Waals surface area contributed by atoms with Crippen LogP contribution < -0.4 is 10.9 Å². The first-order valence-corrected chi connectivity index (χ1v) is 15.2. The van der Waals surface area contributed by atoms with Crippen LogP contribution in [-0.2, 0) is 7.05 Å². The molecule has 1 aromatic carbocycles. The number of pyridine rings is 2. The van der Waals surface area contributed by atoms with Crippen molar-refractivity contribution in [2.24, 2.45) is 7.05 Å². The zero-order valence-electron chi connectivity index (χ0n) is 25.6. The zero-order chi connectivity index (χ0) is 30.6. The van der Waals surface area contributed by atoms with Gasteiger partial charge in [-0.05, 0) is 76.8 Å². The van der Waals surface area contributed by atoms with Gasteiger partial charge in [0.15, 0.2) is 0 Å². The van der Waals surface area contributed by atoms with Crippen LogP contribution in [0.1, 0.15) is 62.5 Å². The van der Waals surface area contributed by atoms with Crippen LogP contribution in [0.3, 0.4) is 0 Å². The number of aliphatic hydroxyl groups is 1. The van der Waals surface area contributed by atoms with Crippen LogP contribution in [0.15, 0.2) is 41.5 Å². The molecule has 226 valence electrons. The summed E-state index contributed by atoms with van der Waals surface area (Å²) < 4.78 is 3.79. The van der Waals surface area contributed by atoms with Crippen molar-refractivity contribution in [3.8, 4) is 11.3 Å². The third kappa shape index (κ3) is 5.55. The molecule has 0 aliphatic carbocycles. The fourth-order valence-electron chi connectivity index (χ4n) is 6.56. The maximum Gasteiger partial charge on any atom is 0.259 e. The van der Waals surface area contributed by atoms with Gasteiger partial charge in [-0.25, -0.2) is 9.67 Å². The lowest BCUT2D eigenvalue weighted by atomic mass is 9.95. The van der Waals surface area contributed by atoms with Gasteiger partial charge in [0.05, 0.1) is 35.4 Å². The predicted octanol–water partition coefficient (Wildman–Crippen LogP) is 5.52. The van der Waals surface area contributed by atoms with Crippen molar-refractivity contribution in [1.82, 2.24) is 34.4 Å². The Morgan fingerprint density at radius 2 is 1.91 bits per heavy atom. The monoisotopic (exact) mass is 602 g/mol. The van der Waals surface area contributed by atoms with Gasteiger partial charge in [-0.15, -0.1) is 0 Å². The van der Waals surface area contributed by atoms with Crippen LogP contribution in [-0.4, -0.2) is 64.8 Å². The molecule has 4 aromatic heterocycles. The van der Waals surface area contributed by atoms with E-state index in [0.717, 1.165) is 70.4 Å². The molecule has 0 saturated carbocycles. The lowest BCUT2D eigenvalue weighted by Crippen LogP contribution is -2.43. The Hall–Kier alpha value is -3.73. The average molecular weight is 603 g/mol. The summed E-state index contributed by atoms with van der Waals surface area (Å²) in [5.41, 5.74) is 5.40. The van der Waals surface area contributed by atoms with Gasteiger partial charge in [-0.3, -0.25) is 14.5 Å². The van der Waals surface area contributed by atoms with E-state index in [-0.39, 0.29) is 17.6 Å². The summed E-state index contributed by atoms with van der Waals surface area (Å²) in [6, 6.07) is 7.84. The van der Waals surface area contributed by atoms with E-state index in [4.69, 9.17) is 16.7 Å². The number of nitrogens with one attached hydrogen (secondary N) is 2. The molecule has 0 amide bonds. The number of aromatic amines is 1. The summed E-state index contributed by atoms with van der Waals surface area (Å²) in [5, 5.41) is 28.9. The van der Waals surface area contributed by atoms with E-state index in [1.54, 1.807) is 16.8 Å². The first-order chi connectivity index (χ1) is 20.4. The van der Waals surface area contributed by atoms with Crippen LogP contribution >= 0.6 is 11.6 Å². The van der Waals surface area contributed by atoms with Crippen molar-refractivity contribution in [3.05, 3.63) is 69.0 Å². The second-order valence-corrected chi connectivity index (χ2v) is 13.0. The minimum atomic E-state index is -0.729. The molecule has 1 unspecified atom stereocenters. The Morgan fingerprint density at radius 3 is 2.58 bits per heavy atom. The molecule has 0 radical (unpaired) electrons. The number of fused-ring (bicyclic) bond motifs is 3. The van der Waals surface area contributed by atoms with E-state index in [9.17, 15) is 9.90 Å². The van der Waals surface area contributed by atoms with Crippen molar-refractivity contribution in [3.63, 3.8) is 0 Å². The molecule has 3 N–H and O–H groups in total. The Kier molecular flexibility index (Phi) is 7.56. The number of likely N-dealkylation sites (tertiary alicyclic amines) is 1. The highest BCUT2D eigenvalue weighted by Crippen LogP contribution is 2.36. The number of halogens is 1. The lowest BCUT2D eigenvalue weighted by molar-refractivity contribution is 0.0247. The summed E-state index contributed by atoms with van der Waals surface area (Å²) in [5.74, 6) is 0. The van der Waals surface area contributed by atoms with Crippen LogP contribution in [0, 0.1) is 13.8 Å². The van der Waals surface area contributed by atoms with Crippen molar-refractivity contribution < 1.29 is 5.11 Å². The number of aryl methyl sites for hydroxylation is 3. The summed E-state index contributed by atoms with van der Waals surface area (Å²) in [4.78, 5) is 20.8. The van der Waals surface area contributed by atoms with E-state index in [2.05, 4.69) is 38.4 Å². The summed E-state index contributed by atoms with van der Waals surface area (Å²) in [7, 11) is 1.84. The number of β-amino-alcohol motifs (C(OH)–C–C–N with tert-alkyl or cyclic N) is 1. The molecule has 11 heteroatoms. The number of aromatic nitrogens is 6. The molecule has 6 rings (SSSR count). The van der Waals surface area contributed by atoms with E-state index in [1.165, 1.54) is 0 Å². The fraction of sp³-hybridized carbons (Fsp3) is 0.438. The second-order valence-electron chi connectivity index (χ2n) is 12.6. The van der Waals surface area contributed by atoms with Gasteiger partial charge in [-0.2, -0.15) is 10.2 Å². The summed E-state index contributed by atoms with van der Waals surface area (Å²) in [6.45, 7) is 12.1. The largest absolute Gasteiger partial charge is 0.389 e. The molecule has 5 heterocycles.